The van der Waals surface area contributed by atoms with Crippen LogP contribution in [0.25, 0.3) is 0 Å². The fourth-order valence-corrected chi connectivity index (χ4v) is 3.66. The molecule has 0 aliphatic heterocycles. The van der Waals surface area contributed by atoms with Gasteiger partial charge in [0.25, 0.3) is 0 Å². The molecule has 0 amide bonds. The Morgan fingerprint density at radius 3 is 1.69 bits per heavy atom. The minimum atomic E-state index is -0.265. The maximum absolute atomic E-state index is 11.5. The van der Waals surface area contributed by atoms with Crippen LogP contribution in [0.1, 0.15) is 109 Å². The van der Waals surface area contributed by atoms with Crippen molar-refractivity contribution in [2.45, 2.75) is 117 Å². The summed E-state index contributed by atoms with van der Waals surface area (Å²) in [6, 6.07) is 1.47. The van der Waals surface area contributed by atoms with Crippen LogP contribution in [0.15, 0.2) is 17.1 Å². The van der Waals surface area contributed by atoms with Crippen molar-refractivity contribution in [3.63, 3.8) is 0 Å². The van der Waals surface area contributed by atoms with Crippen molar-refractivity contribution in [1.82, 2.24) is 4.57 Å². The van der Waals surface area contributed by atoms with Gasteiger partial charge >= 0.3 is 0 Å². The molecule has 3 nitrogen and oxygen atoms in total. The zero-order valence-corrected chi connectivity index (χ0v) is 17.3. The standard InChI is InChI=1S/C23H41NO2/c1-3-5-6-7-8-9-10-11-12-13-14-15-16-17-19-24-20-18-22(25)23(26)21(24)4-2/h18,20,26H,3-17,19H2,1-2H3. The van der Waals surface area contributed by atoms with Crippen LogP contribution in [0.2, 0.25) is 0 Å². The summed E-state index contributed by atoms with van der Waals surface area (Å²) >= 11 is 0. The molecule has 0 spiro atoms. The van der Waals surface area contributed by atoms with Gasteiger partial charge in [-0.15, -0.1) is 0 Å². The topological polar surface area (TPSA) is 42.2 Å². The van der Waals surface area contributed by atoms with E-state index in [9.17, 15) is 9.90 Å². The Kier molecular flexibility index (Phi) is 13.0. The molecule has 1 aromatic heterocycles. The van der Waals surface area contributed by atoms with Gasteiger partial charge in [0, 0.05) is 18.8 Å². The third kappa shape index (κ3) is 9.45. The lowest BCUT2D eigenvalue weighted by Gasteiger charge is -2.13. The molecule has 0 saturated carbocycles. The van der Waals surface area contributed by atoms with Crippen molar-refractivity contribution >= 4 is 0 Å². The SMILES string of the molecule is CCCCCCCCCCCCCCCCn1ccc(=O)c(O)c1CC. The zero-order chi connectivity index (χ0) is 19.0. The number of unbranched alkanes of at least 4 members (excludes halogenated alkanes) is 13. The molecule has 150 valence electrons. The average molecular weight is 364 g/mol. The predicted octanol–water partition coefficient (Wildman–Crippen LogP) is 6.60. The van der Waals surface area contributed by atoms with Crippen LogP contribution in [-0.2, 0) is 13.0 Å². The van der Waals surface area contributed by atoms with Crippen LogP contribution < -0.4 is 5.43 Å². The summed E-state index contributed by atoms with van der Waals surface area (Å²) in [5.74, 6) is -0.0691. The molecule has 1 heterocycles. The smallest absolute Gasteiger partial charge is 0.223 e. The molecule has 0 radical (unpaired) electrons. The number of pyridine rings is 1. The molecule has 3 heteroatoms. The van der Waals surface area contributed by atoms with Crippen molar-refractivity contribution in [3.8, 4) is 5.75 Å². The third-order valence-electron chi connectivity index (χ3n) is 5.35. The van der Waals surface area contributed by atoms with E-state index in [1.807, 2.05) is 17.7 Å². The molecule has 26 heavy (non-hydrogen) atoms. The van der Waals surface area contributed by atoms with Crippen molar-refractivity contribution in [2.75, 3.05) is 0 Å². The van der Waals surface area contributed by atoms with E-state index in [-0.39, 0.29) is 11.2 Å². The molecule has 0 aliphatic carbocycles. The number of rotatable bonds is 16. The van der Waals surface area contributed by atoms with Gasteiger partial charge in [-0.1, -0.05) is 97.3 Å². The molecule has 0 saturated heterocycles. The average Bonchev–Trinajstić information content (AvgIpc) is 2.65. The number of aromatic hydroxyl groups is 1. The van der Waals surface area contributed by atoms with Crippen LogP contribution in [0, 0.1) is 0 Å². The molecule has 0 fully saturated rings. The van der Waals surface area contributed by atoms with Gasteiger partial charge < -0.3 is 9.67 Å². The van der Waals surface area contributed by atoms with Crippen LogP contribution in [0.3, 0.4) is 0 Å². The van der Waals surface area contributed by atoms with Crippen LogP contribution in [-0.4, -0.2) is 9.67 Å². The number of hydrogen-bond acceptors (Lipinski definition) is 2. The van der Waals surface area contributed by atoms with E-state index in [4.69, 9.17) is 0 Å². The summed E-state index contributed by atoms with van der Waals surface area (Å²) in [4.78, 5) is 11.5. The summed E-state index contributed by atoms with van der Waals surface area (Å²) in [6.07, 6.45) is 21.5. The molecule has 1 aromatic rings. The van der Waals surface area contributed by atoms with Crippen LogP contribution in [0.4, 0.5) is 0 Å². The fraction of sp³-hybridized carbons (Fsp3) is 0.783. The second kappa shape index (κ2) is 14.9. The van der Waals surface area contributed by atoms with E-state index in [0.29, 0.717) is 6.42 Å². The molecule has 0 atom stereocenters. The summed E-state index contributed by atoms with van der Waals surface area (Å²) in [5.41, 5.74) is 0.506. The highest BCUT2D eigenvalue weighted by Gasteiger charge is 2.07. The minimum Gasteiger partial charge on any atom is -0.503 e. The van der Waals surface area contributed by atoms with Crippen LogP contribution >= 0.6 is 0 Å². The van der Waals surface area contributed by atoms with Gasteiger partial charge in [-0.3, -0.25) is 4.79 Å². The van der Waals surface area contributed by atoms with Gasteiger partial charge in [-0.25, -0.2) is 0 Å². The zero-order valence-electron chi connectivity index (χ0n) is 17.3. The lowest BCUT2D eigenvalue weighted by atomic mass is 10.0. The summed E-state index contributed by atoms with van der Waals surface area (Å²) < 4.78 is 2.04. The van der Waals surface area contributed by atoms with Crippen molar-refractivity contribution in [1.29, 1.82) is 0 Å². The molecule has 1 rings (SSSR count). The maximum atomic E-state index is 11.5. The lowest BCUT2D eigenvalue weighted by Crippen LogP contribution is -2.12. The number of hydrogen-bond donors (Lipinski definition) is 1. The third-order valence-corrected chi connectivity index (χ3v) is 5.35. The molecule has 0 aromatic carbocycles. The monoisotopic (exact) mass is 363 g/mol. The Morgan fingerprint density at radius 2 is 1.23 bits per heavy atom. The first-order chi connectivity index (χ1) is 12.7. The van der Waals surface area contributed by atoms with Gasteiger partial charge in [0.15, 0.2) is 5.75 Å². The van der Waals surface area contributed by atoms with Gasteiger partial charge in [0.2, 0.25) is 5.43 Å². The minimum absolute atomic E-state index is 0.0691. The highest BCUT2D eigenvalue weighted by Crippen LogP contribution is 2.15. The first kappa shape index (κ1) is 22.8. The van der Waals surface area contributed by atoms with E-state index >= 15 is 0 Å². The lowest BCUT2D eigenvalue weighted by molar-refractivity contribution is 0.444. The first-order valence-corrected chi connectivity index (χ1v) is 11.1. The van der Waals surface area contributed by atoms with Gasteiger partial charge in [0.1, 0.15) is 0 Å². The van der Waals surface area contributed by atoms with Crippen molar-refractivity contribution in [2.24, 2.45) is 0 Å². The molecular weight excluding hydrogens is 322 g/mol. The summed E-state index contributed by atoms with van der Waals surface area (Å²) in [6.45, 7) is 5.16. The van der Waals surface area contributed by atoms with E-state index in [1.165, 1.54) is 89.5 Å². The number of aryl methyl sites for hydroxylation is 1. The second-order valence-corrected chi connectivity index (χ2v) is 7.62. The Labute approximate surface area is 160 Å². The Hall–Kier alpha value is -1.25. The highest BCUT2D eigenvalue weighted by molar-refractivity contribution is 5.26. The Balaban J connectivity index is 1.97. The quantitative estimate of drug-likeness (QED) is 0.336. The van der Waals surface area contributed by atoms with Crippen molar-refractivity contribution < 1.29 is 5.11 Å². The number of nitrogens with zero attached hydrogens (tertiary/aromatic N) is 1. The summed E-state index contributed by atoms with van der Waals surface area (Å²) in [5, 5.41) is 9.86. The fourth-order valence-electron chi connectivity index (χ4n) is 3.66. The largest absolute Gasteiger partial charge is 0.503 e. The van der Waals surface area contributed by atoms with Gasteiger partial charge in [-0.05, 0) is 12.8 Å². The second-order valence-electron chi connectivity index (χ2n) is 7.62. The number of aromatic nitrogens is 1. The molecule has 0 aliphatic rings. The predicted molar refractivity (Wildman–Crippen MR) is 112 cm³/mol. The summed E-state index contributed by atoms with van der Waals surface area (Å²) in [7, 11) is 0. The molecular formula is C23H41NO2. The Morgan fingerprint density at radius 1 is 0.769 bits per heavy atom. The van der Waals surface area contributed by atoms with Gasteiger partial charge in [0.05, 0.1) is 5.69 Å². The van der Waals surface area contributed by atoms with E-state index < -0.39 is 0 Å². The van der Waals surface area contributed by atoms with Crippen molar-refractivity contribution in [3.05, 3.63) is 28.2 Å². The first-order valence-electron chi connectivity index (χ1n) is 11.1. The van der Waals surface area contributed by atoms with E-state index in [1.54, 1.807) is 0 Å². The molecule has 1 N–H and O–H groups in total. The van der Waals surface area contributed by atoms with Crippen LogP contribution in [0.5, 0.6) is 5.75 Å². The Bertz CT molecular complexity index is 521. The highest BCUT2D eigenvalue weighted by atomic mass is 16.3. The van der Waals surface area contributed by atoms with E-state index in [2.05, 4.69) is 6.92 Å². The maximum Gasteiger partial charge on any atom is 0.223 e. The van der Waals surface area contributed by atoms with E-state index in [0.717, 1.165) is 18.7 Å². The van der Waals surface area contributed by atoms with Gasteiger partial charge in [-0.2, -0.15) is 0 Å². The normalized spacial score (nSPS) is 11.2. The molecule has 0 bridgehead atoms. The molecule has 0 unspecified atom stereocenters.